The average molecular weight is 330 g/mol. The van der Waals surface area contributed by atoms with E-state index >= 15 is 0 Å². The summed E-state index contributed by atoms with van der Waals surface area (Å²) in [6, 6.07) is 0.186. The Morgan fingerprint density at radius 2 is 2.33 bits per heavy atom. The van der Waals surface area contributed by atoms with Crippen LogP contribution >= 0.6 is 0 Å². The normalized spacial score (nSPS) is 17.9. The number of carbonyl (C=O) groups excluding carboxylic acids is 1. The van der Waals surface area contributed by atoms with E-state index in [-0.39, 0.29) is 12.1 Å². The van der Waals surface area contributed by atoms with Gasteiger partial charge in [-0.15, -0.1) is 0 Å². The van der Waals surface area contributed by atoms with Crippen molar-refractivity contribution in [1.29, 1.82) is 0 Å². The summed E-state index contributed by atoms with van der Waals surface area (Å²) in [5.41, 5.74) is 1.10. The molecular weight excluding hydrogens is 304 g/mol. The van der Waals surface area contributed by atoms with E-state index in [0.717, 1.165) is 56.6 Å². The van der Waals surface area contributed by atoms with Crippen molar-refractivity contribution < 1.29 is 4.79 Å². The van der Waals surface area contributed by atoms with E-state index < -0.39 is 0 Å². The van der Waals surface area contributed by atoms with Gasteiger partial charge in [0.2, 0.25) is 0 Å². The zero-order valence-electron chi connectivity index (χ0n) is 14.2. The SMILES string of the molecule is Cc1nccn1CCCCNC(=O)N1CCCCC1c1cn[nH]c1. The lowest BCUT2D eigenvalue weighted by molar-refractivity contribution is 0.151. The van der Waals surface area contributed by atoms with E-state index in [9.17, 15) is 4.79 Å². The fourth-order valence-corrected chi connectivity index (χ4v) is 3.31. The van der Waals surface area contributed by atoms with Gasteiger partial charge in [0.15, 0.2) is 0 Å². The van der Waals surface area contributed by atoms with E-state index in [1.54, 1.807) is 0 Å². The summed E-state index contributed by atoms with van der Waals surface area (Å²) in [6.07, 6.45) is 12.8. The van der Waals surface area contributed by atoms with E-state index in [0.29, 0.717) is 6.54 Å². The summed E-state index contributed by atoms with van der Waals surface area (Å²) in [5, 5.41) is 9.94. The number of aromatic nitrogens is 4. The summed E-state index contributed by atoms with van der Waals surface area (Å²) in [4.78, 5) is 18.7. The Hall–Kier alpha value is -2.31. The molecule has 1 saturated heterocycles. The molecule has 24 heavy (non-hydrogen) atoms. The molecule has 2 amide bonds. The zero-order valence-corrected chi connectivity index (χ0v) is 14.2. The lowest BCUT2D eigenvalue weighted by atomic mass is 9.98. The van der Waals surface area contributed by atoms with Crippen molar-refractivity contribution >= 4 is 6.03 Å². The number of imidazole rings is 1. The first-order valence-corrected chi connectivity index (χ1v) is 8.76. The number of amides is 2. The molecule has 0 spiro atoms. The van der Waals surface area contributed by atoms with Crippen LogP contribution in [0.5, 0.6) is 0 Å². The molecule has 130 valence electrons. The molecule has 1 atom stereocenters. The number of nitrogens with zero attached hydrogens (tertiary/aromatic N) is 4. The van der Waals surface area contributed by atoms with Gasteiger partial charge in [-0.1, -0.05) is 0 Å². The summed E-state index contributed by atoms with van der Waals surface area (Å²) in [6.45, 7) is 4.48. The van der Waals surface area contributed by atoms with Crippen molar-refractivity contribution in [2.75, 3.05) is 13.1 Å². The van der Waals surface area contributed by atoms with Gasteiger partial charge in [-0.25, -0.2) is 9.78 Å². The van der Waals surface area contributed by atoms with E-state index in [1.165, 1.54) is 0 Å². The first-order valence-electron chi connectivity index (χ1n) is 8.76. The average Bonchev–Trinajstić information content (AvgIpc) is 3.26. The predicted molar refractivity (Wildman–Crippen MR) is 91.5 cm³/mol. The van der Waals surface area contributed by atoms with Gasteiger partial charge in [0.05, 0.1) is 12.2 Å². The summed E-state index contributed by atoms with van der Waals surface area (Å²) in [7, 11) is 0. The first kappa shape index (κ1) is 16.5. The van der Waals surface area contributed by atoms with Crippen LogP contribution in [0.4, 0.5) is 4.79 Å². The number of urea groups is 1. The van der Waals surface area contributed by atoms with Gasteiger partial charge in [0.25, 0.3) is 0 Å². The predicted octanol–water partition coefficient (Wildman–Crippen LogP) is 2.63. The van der Waals surface area contributed by atoms with Crippen LogP contribution in [-0.2, 0) is 6.54 Å². The Balaban J connectivity index is 1.43. The molecule has 1 aliphatic heterocycles. The molecule has 2 N–H and O–H groups in total. The van der Waals surface area contributed by atoms with Gasteiger partial charge in [-0.05, 0) is 39.0 Å². The number of hydrogen-bond donors (Lipinski definition) is 2. The van der Waals surface area contributed by atoms with E-state index in [4.69, 9.17) is 0 Å². The number of hydrogen-bond acceptors (Lipinski definition) is 3. The topological polar surface area (TPSA) is 78.8 Å². The number of carbonyl (C=O) groups is 1. The summed E-state index contributed by atoms with van der Waals surface area (Å²) >= 11 is 0. The second-order valence-electron chi connectivity index (χ2n) is 6.34. The van der Waals surface area contributed by atoms with Gasteiger partial charge < -0.3 is 14.8 Å². The fraction of sp³-hybridized carbons (Fsp3) is 0.588. The number of piperidine rings is 1. The number of rotatable bonds is 6. The minimum Gasteiger partial charge on any atom is -0.338 e. The van der Waals surface area contributed by atoms with Crippen LogP contribution in [0.1, 0.15) is 49.5 Å². The lowest BCUT2D eigenvalue weighted by Crippen LogP contribution is -2.44. The number of nitrogens with one attached hydrogen (secondary N) is 2. The van der Waals surface area contributed by atoms with Crippen molar-refractivity contribution in [3.63, 3.8) is 0 Å². The van der Waals surface area contributed by atoms with Gasteiger partial charge in [0.1, 0.15) is 5.82 Å². The van der Waals surface area contributed by atoms with Crippen molar-refractivity contribution in [1.82, 2.24) is 30.0 Å². The van der Waals surface area contributed by atoms with Crippen molar-refractivity contribution in [2.24, 2.45) is 0 Å². The third-order valence-corrected chi connectivity index (χ3v) is 4.69. The molecule has 2 aromatic heterocycles. The Morgan fingerprint density at radius 1 is 1.42 bits per heavy atom. The number of aromatic amines is 1. The quantitative estimate of drug-likeness (QED) is 0.799. The maximum atomic E-state index is 12.5. The highest BCUT2D eigenvalue weighted by Gasteiger charge is 2.28. The molecule has 3 rings (SSSR count). The van der Waals surface area contributed by atoms with Crippen LogP contribution in [0, 0.1) is 6.92 Å². The lowest BCUT2D eigenvalue weighted by Gasteiger charge is -2.35. The molecule has 3 heterocycles. The van der Waals surface area contributed by atoms with Crippen LogP contribution in [-0.4, -0.2) is 43.8 Å². The second-order valence-corrected chi connectivity index (χ2v) is 6.34. The molecule has 1 aliphatic rings. The van der Waals surface area contributed by atoms with Gasteiger partial charge in [-0.2, -0.15) is 5.10 Å². The Kier molecular flexibility index (Phi) is 5.51. The smallest absolute Gasteiger partial charge is 0.317 e. The van der Waals surface area contributed by atoms with Crippen molar-refractivity contribution in [3.05, 3.63) is 36.2 Å². The molecule has 0 bridgehead atoms. The largest absolute Gasteiger partial charge is 0.338 e. The third-order valence-electron chi connectivity index (χ3n) is 4.69. The van der Waals surface area contributed by atoms with Gasteiger partial charge in [-0.3, -0.25) is 5.10 Å². The first-order chi connectivity index (χ1) is 11.8. The molecule has 7 heteroatoms. The molecule has 1 fully saturated rings. The number of aryl methyl sites for hydroxylation is 2. The molecule has 0 saturated carbocycles. The minimum absolute atomic E-state index is 0.0414. The number of likely N-dealkylation sites (tertiary alicyclic amines) is 1. The van der Waals surface area contributed by atoms with Crippen LogP contribution in [0.3, 0.4) is 0 Å². The zero-order chi connectivity index (χ0) is 16.8. The number of unbranched alkanes of at least 4 members (excludes halogenated alkanes) is 1. The van der Waals surface area contributed by atoms with Gasteiger partial charge in [0, 0.05) is 43.8 Å². The van der Waals surface area contributed by atoms with Crippen molar-refractivity contribution in [2.45, 2.75) is 51.6 Å². The maximum absolute atomic E-state index is 12.5. The van der Waals surface area contributed by atoms with E-state index in [2.05, 4.69) is 25.1 Å². The molecule has 1 unspecified atom stereocenters. The fourth-order valence-electron chi connectivity index (χ4n) is 3.31. The van der Waals surface area contributed by atoms with Crippen LogP contribution in [0.25, 0.3) is 0 Å². The molecule has 0 radical (unpaired) electrons. The summed E-state index contributed by atoms with van der Waals surface area (Å²) in [5.74, 6) is 1.04. The Labute approximate surface area is 142 Å². The van der Waals surface area contributed by atoms with Crippen LogP contribution < -0.4 is 5.32 Å². The molecular formula is C17H26N6O. The highest BCUT2D eigenvalue weighted by atomic mass is 16.2. The third kappa shape index (κ3) is 3.96. The Bertz CT molecular complexity index is 635. The maximum Gasteiger partial charge on any atom is 0.317 e. The highest BCUT2D eigenvalue weighted by Crippen LogP contribution is 2.30. The van der Waals surface area contributed by atoms with Crippen molar-refractivity contribution in [3.8, 4) is 0 Å². The number of H-pyrrole nitrogens is 1. The summed E-state index contributed by atoms with van der Waals surface area (Å²) < 4.78 is 2.14. The van der Waals surface area contributed by atoms with Gasteiger partial charge >= 0.3 is 6.03 Å². The highest BCUT2D eigenvalue weighted by molar-refractivity contribution is 5.74. The monoisotopic (exact) mass is 330 g/mol. The molecule has 2 aromatic rings. The van der Waals surface area contributed by atoms with Crippen LogP contribution in [0.15, 0.2) is 24.8 Å². The minimum atomic E-state index is 0.0414. The standard InChI is InChI=1S/C17H26N6O/c1-14-18-8-11-22(14)9-5-3-7-19-17(24)23-10-4-2-6-16(23)15-12-20-21-13-15/h8,11-13,16H,2-7,9-10H2,1H3,(H,19,24)(H,20,21). The second kappa shape index (κ2) is 7.99. The molecule has 0 aromatic carbocycles. The molecule has 7 nitrogen and oxygen atoms in total. The van der Waals surface area contributed by atoms with E-state index in [1.807, 2.05) is 36.6 Å². The Morgan fingerprint density at radius 3 is 3.08 bits per heavy atom. The van der Waals surface area contributed by atoms with Crippen LogP contribution in [0.2, 0.25) is 0 Å². The molecule has 0 aliphatic carbocycles.